The molecule has 2 N–H and O–H groups in total. The molecule has 1 unspecified atom stereocenters. The lowest BCUT2D eigenvalue weighted by Crippen LogP contribution is -2.50. The molecule has 3 nitrogen and oxygen atoms in total. The molecule has 1 saturated heterocycles. The second kappa shape index (κ2) is 6.53. The molecule has 1 amide bonds. The van der Waals surface area contributed by atoms with Crippen LogP contribution >= 0.6 is 11.3 Å². The molecule has 2 rings (SSSR count). The summed E-state index contributed by atoms with van der Waals surface area (Å²) in [6.45, 7) is 6.80. The average Bonchev–Trinajstić information content (AvgIpc) is 2.83. The first-order valence-corrected chi connectivity index (χ1v) is 8.13. The van der Waals surface area contributed by atoms with Crippen molar-refractivity contribution < 1.29 is 4.79 Å². The van der Waals surface area contributed by atoms with Gasteiger partial charge in [0.15, 0.2) is 0 Å². The molecular formula is C15H24N2OS. The SMILES string of the molecule is CCCC1(C(=O)NCc2cscc2C)CCCNC1. The monoisotopic (exact) mass is 280 g/mol. The number of rotatable bonds is 5. The highest BCUT2D eigenvalue weighted by atomic mass is 32.1. The van der Waals surface area contributed by atoms with Crippen molar-refractivity contribution in [2.24, 2.45) is 5.41 Å². The summed E-state index contributed by atoms with van der Waals surface area (Å²) in [6, 6.07) is 0. The minimum atomic E-state index is -0.184. The van der Waals surface area contributed by atoms with Gasteiger partial charge in [0.2, 0.25) is 5.91 Å². The zero-order chi connectivity index (χ0) is 13.7. The zero-order valence-electron chi connectivity index (χ0n) is 11.9. The summed E-state index contributed by atoms with van der Waals surface area (Å²) in [4.78, 5) is 12.6. The van der Waals surface area contributed by atoms with Crippen LogP contribution < -0.4 is 10.6 Å². The minimum Gasteiger partial charge on any atom is -0.351 e. The quantitative estimate of drug-likeness (QED) is 0.871. The van der Waals surface area contributed by atoms with Gasteiger partial charge in [-0.1, -0.05) is 13.3 Å². The Morgan fingerprint density at radius 1 is 1.53 bits per heavy atom. The number of carbonyl (C=O) groups is 1. The lowest BCUT2D eigenvalue weighted by Gasteiger charge is -2.36. The number of amides is 1. The maximum absolute atomic E-state index is 12.6. The molecule has 106 valence electrons. The van der Waals surface area contributed by atoms with Crippen LogP contribution in [0.25, 0.3) is 0 Å². The van der Waals surface area contributed by atoms with Crippen LogP contribution in [0.4, 0.5) is 0 Å². The van der Waals surface area contributed by atoms with E-state index in [0.29, 0.717) is 6.54 Å². The van der Waals surface area contributed by atoms with E-state index in [0.717, 1.165) is 38.8 Å². The van der Waals surface area contributed by atoms with Gasteiger partial charge >= 0.3 is 0 Å². The Bertz CT molecular complexity index is 416. The Kier molecular flexibility index (Phi) is 4.99. The smallest absolute Gasteiger partial charge is 0.227 e. The van der Waals surface area contributed by atoms with Crippen molar-refractivity contribution >= 4 is 17.2 Å². The Labute approximate surface area is 119 Å². The number of aryl methyl sites for hydroxylation is 1. The Morgan fingerprint density at radius 3 is 2.95 bits per heavy atom. The molecule has 1 aliphatic heterocycles. The van der Waals surface area contributed by atoms with Gasteiger partial charge in [0.25, 0.3) is 0 Å². The number of nitrogens with one attached hydrogen (secondary N) is 2. The molecule has 0 radical (unpaired) electrons. The minimum absolute atomic E-state index is 0.184. The highest BCUT2D eigenvalue weighted by Gasteiger charge is 2.38. The molecule has 1 fully saturated rings. The van der Waals surface area contributed by atoms with E-state index in [4.69, 9.17) is 0 Å². The summed E-state index contributed by atoms with van der Waals surface area (Å²) >= 11 is 1.70. The molecule has 1 aromatic heterocycles. The molecule has 19 heavy (non-hydrogen) atoms. The molecule has 2 heterocycles. The zero-order valence-corrected chi connectivity index (χ0v) is 12.7. The van der Waals surface area contributed by atoms with E-state index < -0.39 is 0 Å². The van der Waals surface area contributed by atoms with Crippen molar-refractivity contribution in [3.8, 4) is 0 Å². The normalized spacial score (nSPS) is 23.3. The van der Waals surface area contributed by atoms with E-state index in [-0.39, 0.29) is 11.3 Å². The Balaban J connectivity index is 1.97. The molecule has 0 bridgehead atoms. The van der Waals surface area contributed by atoms with Gasteiger partial charge in [0.1, 0.15) is 0 Å². The van der Waals surface area contributed by atoms with Crippen molar-refractivity contribution in [2.75, 3.05) is 13.1 Å². The fourth-order valence-corrected chi connectivity index (χ4v) is 3.76. The van der Waals surface area contributed by atoms with Crippen LogP contribution in [0.2, 0.25) is 0 Å². The molecule has 1 aliphatic rings. The predicted octanol–water partition coefficient (Wildman–Crippen LogP) is 2.84. The Hall–Kier alpha value is -0.870. The topological polar surface area (TPSA) is 41.1 Å². The lowest BCUT2D eigenvalue weighted by atomic mass is 9.76. The summed E-state index contributed by atoms with van der Waals surface area (Å²) in [6.07, 6.45) is 4.16. The second-order valence-electron chi connectivity index (χ2n) is 5.57. The van der Waals surface area contributed by atoms with Crippen LogP contribution in [-0.2, 0) is 11.3 Å². The van der Waals surface area contributed by atoms with E-state index in [1.807, 2.05) is 0 Å². The van der Waals surface area contributed by atoms with Crippen molar-refractivity contribution in [3.63, 3.8) is 0 Å². The van der Waals surface area contributed by atoms with E-state index in [1.165, 1.54) is 11.1 Å². The fourth-order valence-electron chi connectivity index (χ4n) is 2.90. The first-order valence-electron chi connectivity index (χ1n) is 7.18. The fraction of sp³-hybridized carbons (Fsp3) is 0.667. The second-order valence-corrected chi connectivity index (χ2v) is 6.32. The third-order valence-corrected chi connectivity index (χ3v) is 4.99. The predicted molar refractivity (Wildman–Crippen MR) is 80.3 cm³/mol. The molecule has 4 heteroatoms. The maximum atomic E-state index is 12.6. The van der Waals surface area contributed by atoms with Crippen LogP contribution in [0.15, 0.2) is 10.8 Å². The molecule has 0 saturated carbocycles. The number of hydrogen-bond acceptors (Lipinski definition) is 3. The van der Waals surface area contributed by atoms with Crippen molar-refractivity contribution in [3.05, 3.63) is 21.9 Å². The molecule has 1 aromatic rings. The summed E-state index contributed by atoms with van der Waals surface area (Å²) < 4.78 is 0. The first-order chi connectivity index (χ1) is 9.18. The molecule has 0 spiro atoms. The number of piperidine rings is 1. The van der Waals surface area contributed by atoms with E-state index in [9.17, 15) is 4.79 Å². The molecular weight excluding hydrogens is 256 g/mol. The largest absolute Gasteiger partial charge is 0.351 e. The Morgan fingerprint density at radius 2 is 2.37 bits per heavy atom. The molecule has 1 atom stereocenters. The standard InChI is InChI=1S/C15H24N2OS/c1-3-5-15(6-4-7-16-11-15)14(18)17-8-13-10-19-9-12(13)2/h9-10,16H,3-8,11H2,1-2H3,(H,17,18). The lowest BCUT2D eigenvalue weighted by molar-refractivity contribution is -0.132. The summed E-state index contributed by atoms with van der Waals surface area (Å²) in [5.74, 6) is 0.229. The summed E-state index contributed by atoms with van der Waals surface area (Å²) in [5, 5.41) is 10.8. The first kappa shape index (κ1) is 14.5. The van der Waals surface area contributed by atoms with Crippen LogP contribution in [0, 0.1) is 12.3 Å². The van der Waals surface area contributed by atoms with Crippen LogP contribution in [0.5, 0.6) is 0 Å². The number of thiophene rings is 1. The van der Waals surface area contributed by atoms with E-state index in [2.05, 4.69) is 35.2 Å². The molecule has 0 aromatic carbocycles. The maximum Gasteiger partial charge on any atom is 0.227 e. The van der Waals surface area contributed by atoms with Gasteiger partial charge in [-0.25, -0.2) is 0 Å². The highest BCUT2D eigenvalue weighted by molar-refractivity contribution is 7.08. The van der Waals surface area contributed by atoms with Gasteiger partial charge in [-0.2, -0.15) is 11.3 Å². The van der Waals surface area contributed by atoms with Crippen LogP contribution in [-0.4, -0.2) is 19.0 Å². The van der Waals surface area contributed by atoms with Crippen molar-refractivity contribution in [1.82, 2.24) is 10.6 Å². The van der Waals surface area contributed by atoms with Crippen molar-refractivity contribution in [2.45, 2.75) is 46.1 Å². The highest BCUT2D eigenvalue weighted by Crippen LogP contribution is 2.32. The molecule has 0 aliphatic carbocycles. The van der Waals surface area contributed by atoms with Gasteiger partial charge < -0.3 is 10.6 Å². The van der Waals surface area contributed by atoms with Crippen LogP contribution in [0.1, 0.15) is 43.7 Å². The van der Waals surface area contributed by atoms with Gasteiger partial charge in [-0.3, -0.25) is 4.79 Å². The van der Waals surface area contributed by atoms with Gasteiger partial charge in [0.05, 0.1) is 5.41 Å². The summed E-state index contributed by atoms with van der Waals surface area (Å²) in [7, 11) is 0. The third kappa shape index (κ3) is 3.37. The van der Waals surface area contributed by atoms with Gasteiger partial charge in [0, 0.05) is 13.1 Å². The van der Waals surface area contributed by atoms with E-state index in [1.54, 1.807) is 11.3 Å². The third-order valence-electron chi connectivity index (χ3n) is 4.08. The average molecular weight is 280 g/mol. The number of carbonyl (C=O) groups excluding carboxylic acids is 1. The van der Waals surface area contributed by atoms with E-state index >= 15 is 0 Å². The van der Waals surface area contributed by atoms with Gasteiger partial charge in [-0.05, 0) is 54.6 Å². The van der Waals surface area contributed by atoms with Crippen molar-refractivity contribution in [1.29, 1.82) is 0 Å². The van der Waals surface area contributed by atoms with Crippen LogP contribution in [0.3, 0.4) is 0 Å². The van der Waals surface area contributed by atoms with Gasteiger partial charge in [-0.15, -0.1) is 0 Å². The number of hydrogen-bond donors (Lipinski definition) is 2. The summed E-state index contributed by atoms with van der Waals surface area (Å²) in [5.41, 5.74) is 2.34.